The molecular formula is C32H54N2O7. The van der Waals surface area contributed by atoms with E-state index >= 15 is 0 Å². The van der Waals surface area contributed by atoms with Gasteiger partial charge in [0, 0.05) is 32.6 Å². The molecule has 0 bridgehead atoms. The minimum atomic E-state index is -0.966. The van der Waals surface area contributed by atoms with Crippen LogP contribution in [0.1, 0.15) is 85.1 Å². The van der Waals surface area contributed by atoms with Crippen molar-refractivity contribution in [2.45, 2.75) is 104 Å². The van der Waals surface area contributed by atoms with E-state index in [0.29, 0.717) is 37.6 Å². The molecule has 1 aromatic rings. The van der Waals surface area contributed by atoms with Crippen molar-refractivity contribution >= 4 is 12.0 Å². The summed E-state index contributed by atoms with van der Waals surface area (Å²) in [5, 5.41) is 17.1. The zero-order valence-corrected chi connectivity index (χ0v) is 26.3. The van der Waals surface area contributed by atoms with E-state index in [4.69, 9.17) is 18.9 Å². The number of amides is 2. The van der Waals surface area contributed by atoms with Crippen LogP contribution in [0.15, 0.2) is 18.2 Å². The molecule has 1 aliphatic carbocycles. The van der Waals surface area contributed by atoms with E-state index in [1.807, 2.05) is 18.2 Å². The molecule has 0 spiro atoms. The van der Waals surface area contributed by atoms with Gasteiger partial charge in [0.2, 0.25) is 5.91 Å². The molecule has 0 heterocycles. The Labute approximate surface area is 247 Å². The first-order chi connectivity index (χ1) is 19.4. The lowest BCUT2D eigenvalue weighted by Crippen LogP contribution is -2.51. The van der Waals surface area contributed by atoms with E-state index in [2.05, 4.69) is 24.5 Å². The fourth-order valence-electron chi connectivity index (χ4n) is 5.19. The number of ether oxygens (including phenoxy) is 4. The van der Waals surface area contributed by atoms with Gasteiger partial charge in [0.1, 0.15) is 5.60 Å². The number of aliphatic hydroxyl groups is 1. The summed E-state index contributed by atoms with van der Waals surface area (Å²) in [6.45, 7) is 10.9. The van der Waals surface area contributed by atoms with Crippen LogP contribution in [0.3, 0.4) is 0 Å². The number of carbonyl (C=O) groups is 2. The van der Waals surface area contributed by atoms with E-state index < -0.39 is 23.8 Å². The second-order valence-corrected chi connectivity index (χ2v) is 12.5. The van der Waals surface area contributed by atoms with Crippen LogP contribution in [0.5, 0.6) is 11.5 Å². The third-order valence-electron chi connectivity index (χ3n) is 7.60. The maximum Gasteiger partial charge on any atom is 0.407 e. The molecule has 0 saturated heterocycles. The van der Waals surface area contributed by atoms with Crippen molar-refractivity contribution in [1.29, 1.82) is 0 Å². The summed E-state index contributed by atoms with van der Waals surface area (Å²) in [5.74, 6) is 1.70. The van der Waals surface area contributed by atoms with Gasteiger partial charge in [-0.2, -0.15) is 0 Å². The molecule has 1 aromatic carbocycles. The lowest BCUT2D eigenvalue weighted by Gasteiger charge is -2.32. The SMILES string of the molecule is COCCCOc1cc(C[C@@H](C[C@H](NC(=O)OC(C)(C)C)[C@@H](O)CNC(=O)C2CCCCC2)C(C)C)ccc1OC. The number of nitrogens with one attached hydrogen (secondary N) is 2. The zero-order chi connectivity index (χ0) is 30.4. The quantitative estimate of drug-likeness (QED) is 0.229. The lowest BCUT2D eigenvalue weighted by atomic mass is 9.83. The summed E-state index contributed by atoms with van der Waals surface area (Å²) >= 11 is 0. The Hall–Kier alpha value is -2.52. The Kier molecular flexibility index (Phi) is 14.8. The van der Waals surface area contributed by atoms with Crippen molar-refractivity contribution < 1.29 is 33.6 Å². The van der Waals surface area contributed by atoms with Crippen molar-refractivity contribution in [3.05, 3.63) is 23.8 Å². The molecule has 1 aliphatic rings. The molecule has 2 amide bonds. The number of carbonyl (C=O) groups excluding carboxylic acids is 2. The average Bonchev–Trinajstić information content (AvgIpc) is 2.92. The topological polar surface area (TPSA) is 115 Å². The summed E-state index contributed by atoms with van der Waals surface area (Å²) in [5.41, 5.74) is 0.400. The molecule has 0 radical (unpaired) electrons. The Morgan fingerprint density at radius 3 is 2.37 bits per heavy atom. The fourth-order valence-corrected chi connectivity index (χ4v) is 5.19. The first-order valence-corrected chi connectivity index (χ1v) is 15.2. The van der Waals surface area contributed by atoms with Gasteiger partial charge in [0.05, 0.1) is 25.9 Å². The van der Waals surface area contributed by atoms with Crippen LogP contribution in [0.2, 0.25) is 0 Å². The Morgan fingerprint density at radius 1 is 1.05 bits per heavy atom. The van der Waals surface area contributed by atoms with E-state index in [-0.39, 0.29) is 30.2 Å². The highest BCUT2D eigenvalue weighted by Gasteiger charge is 2.30. The van der Waals surface area contributed by atoms with Gasteiger partial charge in [-0.3, -0.25) is 4.79 Å². The molecule has 0 aliphatic heterocycles. The predicted molar refractivity (Wildman–Crippen MR) is 160 cm³/mol. The van der Waals surface area contributed by atoms with Crippen LogP contribution in [0.4, 0.5) is 4.79 Å². The number of methoxy groups -OCH3 is 2. The number of rotatable bonds is 16. The number of aliphatic hydroxyl groups excluding tert-OH is 1. The molecule has 0 unspecified atom stereocenters. The van der Waals surface area contributed by atoms with Crippen molar-refractivity contribution in [1.82, 2.24) is 10.6 Å². The van der Waals surface area contributed by atoms with Gasteiger partial charge in [0.15, 0.2) is 11.5 Å². The second-order valence-electron chi connectivity index (χ2n) is 12.5. The molecular weight excluding hydrogens is 524 g/mol. The van der Waals surface area contributed by atoms with Crippen LogP contribution in [0.25, 0.3) is 0 Å². The maximum absolute atomic E-state index is 12.8. The average molecular weight is 579 g/mol. The van der Waals surface area contributed by atoms with Crippen LogP contribution < -0.4 is 20.1 Å². The molecule has 2 rings (SSSR count). The van der Waals surface area contributed by atoms with Crippen LogP contribution in [0, 0.1) is 17.8 Å². The summed E-state index contributed by atoms with van der Waals surface area (Å²) in [4.78, 5) is 25.5. The number of alkyl carbamates (subject to hydrolysis) is 1. The molecule has 41 heavy (non-hydrogen) atoms. The van der Waals surface area contributed by atoms with E-state index in [0.717, 1.165) is 37.7 Å². The highest BCUT2D eigenvalue weighted by Crippen LogP contribution is 2.31. The normalized spacial score (nSPS) is 16.5. The van der Waals surface area contributed by atoms with Crippen molar-refractivity contribution in [3.63, 3.8) is 0 Å². The van der Waals surface area contributed by atoms with Gasteiger partial charge in [-0.1, -0.05) is 39.2 Å². The summed E-state index contributed by atoms with van der Waals surface area (Å²) in [7, 11) is 3.29. The minimum absolute atomic E-state index is 0.00221. The minimum Gasteiger partial charge on any atom is -0.493 e. The van der Waals surface area contributed by atoms with Crippen LogP contribution in [-0.4, -0.2) is 68.8 Å². The molecule has 3 atom stereocenters. The van der Waals surface area contributed by atoms with Crippen molar-refractivity contribution in [3.8, 4) is 11.5 Å². The number of hydrogen-bond acceptors (Lipinski definition) is 7. The first-order valence-electron chi connectivity index (χ1n) is 15.2. The van der Waals surface area contributed by atoms with Gasteiger partial charge < -0.3 is 34.7 Å². The molecule has 3 N–H and O–H groups in total. The largest absolute Gasteiger partial charge is 0.493 e. The molecule has 1 saturated carbocycles. The highest BCUT2D eigenvalue weighted by molar-refractivity contribution is 5.78. The number of benzene rings is 1. The third-order valence-corrected chi connectivity index (χ3v) is 7.60. The van der Waals surface area contributed by atoms with Gasteiger partial charge in [-0.25, -0.2) is 4.79 Å². The summed E-state index contributed by atoms with van der Waals surface area (Å²) in [6.07, 6.45) is 5.50. The predicted octanol–water partition coefficient (Wildman–Crippen LogP) is 5.27. The van der Waals surface area contributed by atoms with E-state index in [1.165, 1.54) is 6.42 Å². The Bertz CT molecular complexity index is 925. The summed E-state index contributed by atoms with van der Waals surface area (Å²) in [6, 6.07) is 5.32. The molecule has 9 heteroatoms. The monoisotopic (exact) mass is 578 g/mol. The maximum atomic E-state index is 12.8. The highest BCUT2D eigenvalue weighted by atomic mass is 16.6. The van der Waals surface area contributed by atoms with Crippen molar-refractivity contribution in [2.24, 2.45) is 17.8 Å². The Balaban J connectivity index is 2.15. The van der Waals surface area contributed by atoms with Crippen molar-refractivity contribution in [2.75, 3.05) is 34.0 Å². The van der Waals surface area contributed by atoms with Gasteiger partial charge in [-0.05, 0) is 76.0 Å². The lowest BCUT2D eigenvalue weighted by molar-refractivity contribution is -0.126. The number of hydrogen-bond donors (Lipinski definition) is 3. The summed E-state index contributed by atoms with van der Waals surface area (Å²) < 4.78 is 22.1. The smallest absolute Gasteiger partial charge is 0.407 e. The van der Waals surface area contributed by atoms with Gasteiger partial charge in [0.25, 0.3) is 0 Å². The molecule has 0 aromatic heterocycles. The van der Waals surface area contributed by atoms with Gasteiger partial charge in [-0.15, -0.1) is 0 Å². The fraction of sp³-hybridized carbons (Fsp3) is 0.750. The molecule has 234 valence electrons. The van der Waals surface area contributed by atoms with E-state index in [1.54, 1.807) is 35.0 Å². The zero-order valence-electron chi connectivity index (χ0n) is 26.3. The first kappa shape index (κ1) is 34.7. The van der Waals surface area contributed by atoms with E-state index in [9.17, 15) is 14.7 Å². The Morgan fingerprint density at radius 2 is 1.76 bits per heavy atom. The third kappa shape index (κ3) is 12.9. The van der Waals surface area contributed by atoms with Crippen LogP contribution >= 0.6 is 0 Å². The van der Waals surface area contributed by atoms with Crippen LogP contribution in [-0.2, 0) is 20.7 Å². The second kappa shape index (κ2) is 17.4. The molecule has 1 fully saturated rings. The molecule has 9 nitrogen and oxygen atoms in total. The van der Waals surface area contributed by atoms with Gasteiger partial charge >= 0.3 is 6.09 Å². The standard InChI is InChI=1S/C32H54N2O7/c1-22(2)25(18-23-14-15-28(39-7)29(19-23)40-17-11-16-38-6)20-26(34-31(37)41-32(3,4)5)27(35)21-33-30(36)24-12-9-8-10-13-24/h14-15,19,22,24-27,35H,8-13,16-18,20-21H2,1-7H3,(H,33,36)(H,34,37)/t25-,26-,27-/m0/s1.